The number of hydrogen-bond acceptors (Lipinski definition) is 3. The molecule has 0 aliphatic heterocycles. The van der Waals surface area contributed by atoms with Gasteiger partial charge in [0, 0.05) is 12.1 Å². The van der Waals surface area contributed by atoms with Crippen LogP contribution >= 0.6 is 11.6 Å². The molecule has 4 heteroatoms. The number of phenolic OH excluding ortho intramolecular Hbond substituents is 1. The standard InChI is InChI=1S/C11H15ClO3/c1-3-5-15-10-7-8(13)6-9(12)11(10)14-4-2/h6-7,13H,3-5H2,1-2H3. The first-order chi connectivity index (χ1) is 7.19. The van der Waals surface area contributed by atoms with Gasteiger partial charge in [0.25, 0.3) is 0 Å². The van der Waals surface area contributed by atoms with Crippen LogP contribution in [0.25, 0.3) is 0 Å². The quantitative estimate of drug-likeness (QED) is 0.844. The van der Waals surface area contributed by atoms with E-state index in [2.05, 4.69) is 0 Å². The lowest BCUT2D eigenvalue weighted by molar-refractivity contribution is 0.275. The van der Waals surface area contributed by atoms with Gasteiger partial charge in [-0.1, -0.05) is 18.5 Å². The maximum atomic E-state index is 9.37. The zero-order chi connectivity index (χ0) is 11.3. The van der Waals surface area contributed by atoms with Crippen LogP contribution in [0, 0.1) is 0 Å². The van der Waals surface area contributed by atoms with E-state index in [-0.39, 0.29) is 5.75 Å². The minimum atomic E-state index is 0.0783. The zero-order valence-corrected chi connectivity index (χ0v) is 9.67. The fourth-order valence-corrected chi connectivity index (χ4v) is 1.42. The molecule has 84 valence electrons. The van der Waals surface area contributed by atoms with Crippen molar-refractivity contribution in [3.05, 3.63) is 17.2 Å². The lowest BCUT2D eigenvalue weighted by Gasteiger charge is -2.13. The third kappa shape index (κ3) is 3.20. The smallest absolute Gasteiger partial charge is 0.180 e. The van der Waals surface area contributed by atoms with Crippen molar-refractivity contribution in [2.45, 2.75) is 20.3 Å². The monoisotopic (exact) mass is 230 g/mol. The van der Waals surface area contributed by atoms with Crippen LogP contribution in [0.5, 0.6) is 17.2 Å². The van der Waals surface area contributed by atoms with E-state index < -0.39 is 0 Å². The van der Waals surface area contributed by atoms with Gasteiger partial charge in [0.2, 0.25) is 0 Å². The molecular weight excluding hydrogens is 216 g/mol. The molecule has 0 heterocycles. The Morgan fingerprint density at radius 3 is 2.60 bits per heavy atom. The zero-order valence-electron chi connectivity index (χ0n) is 8.92. The Balaban J connectivity index is 2.97. The maximum absolute atomic E-state index is 9.37. The number of benzene rings is 1. The summed E-state index contributed by atoms with van der Waals surface area (Å²) >= 11 is 5.93. The molecule has 0 radical (unpaired) electrons. The molecular formula is C11H15ClO3. The van der Waals surface area contributed by atoms with E-state index in [0.717, 1.165) is 6.42 Å². The minimum absolute atomic E-state index is 0.0783. The van der Waals surface area contributed by atoms with Gasteiger partial charge in [-0.3, -0.25) is 0 Å². The molecule has 1 aromatic rings. The van der Waals surface area contributed by atoms with Crippen molar-refractivity contribution in [3.63, 3.8) is 0 Å². The summed E-state index contributed by atoms with van der Waals surface area (Å²) in [6.07, 6.45) is 0.888. The van der Waals surface area contributed by atoms with E-state index in [1.807, 2.05) is 13.8 Å². The second kappa shape index (κ2) is 5.71. The number of phenols is 1. The van der Waals surface area contributed by atoms with Crippen molar-refractivity contribution in [3.8, 4) is 17.2 Å². The lowest BCUT2D eigenvalue weighted by Crippen LogP contribution is -2.00. The Labute approximate surface area is 94.6 Å². The van der Waals surface area contributed by atoms with Crippen LogP contribution in [0.2, 0.25) is 5.02 Å². The average Bonchev–Trinajstić information content (AvgIpc) is 2.19. The van der Waals surface area contributed by atoms with E-state index in [0.29, 0.717) is 29.7 Å². The lowest BCUT2D eigenvalue weighted by atomic mass is 10.3. The first-order valence-electron chi connectivity index (χ1n) is 4.97. The topological polar surface area (TPSA) is 38.7 Å². The van der Waals surface area contributed by atoms with Crippen molar-refractivity contribution in [1.29, 1.82) is 0 Å². The highest BCUT2D eigenvalue weighted by Gasteiger charge is 2.11. The highest BCUT2D eigenvalue weighted by Crippen LogP contribution is 2.38. The van der Waals surface area contributed by atoms with E-state index in [4.69, 9.17) is 21.1 Å². The van der Waals surface area contributed by atoms with Crippen molar-refractivity contribution in [2.24, 2.45) is 0 Å². The average molecular weight is 231 g/mol. The molecule has 0 unspecified atom stereocenters. The van der Waals surface area contributed by atoms with E-state index in [1.165, 1.54) is 12.1 Å². The van der Waals surface area contributed by atoms with Crippen LogP contribution in [0.1, 0.15) is 20.3 Å². The van der Waals surface area contributed by atoms with Crippen molar-refractivity contribution in [1.82, 2.24) is 0 Å². The molecule has 0 fully saturated rings. The Hall–Kier alpha value is -1.09. The number of halogens is 1. The van der Waals surface area contributed by atoms with Crippen molar-refractivity contribution < 1.29 is 14.6 Å². The molecule has 0 aromatic heterocycles. The Morgan fingerprint density at radius 1 is 1.27 bits per heavy atom. The normalized spacial score (nSPS) is 10.1. The van der Waals surface area contributed by atoms with E-state index >= 15 is 0 Å². The van der Waals surface area contributed by atoms with Gasteiger partial charge >= 0.3 is 0 Å². The fourth-order valence-electron chi connectivity index (χ4n) is 1.16. The predicted octanol–water partition coefficient (Wildman–Crippen LogP) is 3.23. The predicted molar refractivity (Wildman–Crippen MR) is 60.1 cm³/mol. The van der Waals surface area contributed by atoms with Crippen LogP contribution < -0.4 is 9.47 Å². The molecule has 3 nitrogen and oxygen atoms in total. The summed E-state index contributed by atoms with van der Waals surface area (Å²) < 4.78 is 10.8. The highest BCUT2D eigenvalue weighted by molar-refractivity contribution is 6.32. The molecule has 0 amide bonds. The van der Waals surface area contributed by atoms with Crippen molar-refractivity contribution >= 4 is 11.6 Å². The summed E-state index contributed by atoms with van der Waals surface area (Å²) in [7, 11) is 0. The summed E-state index contributed by atoms with van der Waals surface area (Å²) in [6.45, 7) is 4.95. The maximum Gasteiger partial charge on any atom is 0.180 e. The SMILES string of the molecule is CCCOc1cc(O)cc(Cl)c1OCC. The Bertz CT molecular complexity index is 326. The first kappa shape index (κ1) is 12.0. The van der Waals surface area contributed by atoms with Crippen LogP contribution in [-0.4, -0.2) is 18.3 Å². The molecule has 1 aromatic carbocycles. The molecule has 0 saturated heterocycles. The minimum Gasteiger partial charge on any atom is -0.508 e. The van der Waals surface area contributed by atoms with Gasteiger partial charge in [-0.15, -0.1) is 0 Å². The third-order valence-electron chi connectivity index (χ3n) is 1.74. The summed E-state index contributed by atoms with van der Waals surface area (Å²) in [4.78, 5) is 0. The Morgan fingerprint density at radius 2 is 2.00 bits per heavy atom. The molecule has 0 spiro atoms. The molecule has 15 heavy (non-hydrogen) atoms. The highest BCUT2D eigenvalue weighted by atomic mass is 35.5. The second-order valence-electron chi connectivity index (χ2n) is 3.04. The van der Waals surface area contributed by atoms with Gasteiger partial charge in [0.15, 0.2) is 11.5 Å². The van der Waals surface area contributed by atoms with Gasteiger partial charge in [-0.05, 0) is 13.3 Å². The van der Waals surface area contributed by atoms with E-state index in [1.54, 1.807) is 0 Å². The molecule has 1 rings (SSSR count). The first-order valence-corrected chi connectivity index (χ1v) is 5.35. The summed E-state index contributed by atoms with van der Waals surface area (Å²) in [6, 6.07) is 2.94. The van der Waals surface area contributed by atoms with E-state index in [9.17, 15) is 5.11 Å². The number of hydrogen-bond donors (Lipinski definition) is 1. The third-order valence-corrected chi connectivity index (χ3v) is 2.03. The van der Waals surface area contributed by atoms with Gasteiger partial charge in [0.1, 0.15) is 5.75 Å². The molecule has 0 atom stereocenters. The molecule has 0 aliphatic carbocycles. The van der Waals surface area contributed by atoms with Crippen LogP contribution in [0.15, 0.2) is 12.1 Å². The largest absolute Gasteiger partial charge is 0.508 e. The summed E-state index contributed by atoms with van der Waals surface area (Å²) in [5.41, 5.74) is 0. The fraction of sp³-hybridized carbons (Fsp3) is 0.455. The molecule has 1 N–H and O–H groups in total. The van der Waals surface area contributed by atoms with Gasteiger partial charge in [-0.25, -0.2) is 0 Å². The van der Waals surface area contributed by atoms with Crippen LogP contribution in [-0.2, 0) is 0 Å². The van der Waals surface area contributed by atoms with Gasteiger partial charge < -0.3 is 14.6 Å². The van der Waals surface area contributed by atoms with Crippen LogP contribution in [0.3, 0.4) is 0 Å². The molecule has 0 saturated carbocycles. The van der Waals surface area contributed by atoms with Crippen LogP contribution in [0.4, 0.5) is 0 Å². The Kier molecular flexibility index (Phi) is 4.56. The van der Waals surface area contributed by atoms with Crippen molar-refractivity contribution in [2.75, 3.05) is 13.2 Å². The summed E-state index contributed by atoms with van der Waals surface area (Å²) in [5, 5.41) is 9.73. The molecule has 0 aliphatic rings. The second-order valence-corrected chi connectivity index (χ2v) is 3.44. The summed E-state index contributed by atoms with van der Waals surface area (Å²) in [5.74, 6) is 1.06. The van der Waals surface area contributed by atoms with Gasteiger partial charge in [0.05, 0.1) is 18.2 Å². The molecule has 0 bridgehead atoms. The number of aromatic hydroxyl groups is 1. The number of rotatable bonds is 5. The van der Waals surface area contributed by atoms with Gasteiger partial charge in [-0.2, -0.15) is 0 Å². The number of ether oxygens (including phenoxy) is 2.